The minimum Gasteiger partial charge on any atom is -0.472 e. The number of hydrogen-bond donors (Lipinski definition) is 0. The van der Waals surface area contributed by atoms with Crippen LogP contribution in [0, 0.1) is 0 Å². The van der Waals surface area contributed by atoms with Gasteiger partial charge in [-0.15, -0.1) is 0 Å². The zero-order chi connectivity index (χ0) is 7.52. The van der Waals surface area contributed by atoms with E-state index in [-0.39, 0.29) is 0 Å². The zero-order valence-electron chi connectivity index (χ0n) is 6.25. The molecule has 0 bridgehead atoms. The summed E-state index contributed by atoms with van der Waals surface area (Å²) in [5.74, 6) is 0. The lowest BCUT2D eigenvalue weighted by molar-refractivity contribution is 0.161. The van der Waals surface area contributed by atoms with Gasteiger partial charge in [0.1, 0.15) is 0 Å². The first-order valence-corrected chi connectivity index (χ1v) is 3.76. The Balaban J connectivity index is 2.22. The fourth-order valence-electron chi connectivity index (χ4n) is 1.24. The highest BCUT2D eigenvalue weighted by Crippen LogP contribution is 2.20. The molecule has 0 radical (unpaired) electrons. The maximum Gasteiger partial charge on any atom is 0.0977 e. The zero-order valence-corrected chi connectivity index (χ0v) is 6.25. The van der Waals surface area contributed by atoms with Crippen LogP contribution in [0.1, 0.15) is 12.0 Å². The number of hydrogen-bond acceptors (Lipinski definition) is 2. The maximum atomic E-state index is 5.19. The lowest BCUT2D eigenvalue weighted by Gasteiger charge is -2.10. The third-order valence-electron chi connectivity index (χ3n) is 1.86. The average Bonchev–Trinajstić information content (AvgIpc) is 2.58. The van der Waals surface area contributed by atoms with E-state index in [1.807, 2.05) is 6.07 Å². The fourth-order valence-corrected chi connectivity index (χ4v) is 1.24. The lowest BCUT2D eigenvalue weighted by Crippen LogP contribution is -2.02. The molecule has 0 saturated heterocycles. The predicted octanol–water partition coefficient (Wildman–Crippen LogP) is 2.08. The van der Waals surface area contributed by atoms with Crippen LogP contribution in [0.25, 0.3) is 5.57 Å². The van der Waals surface area contributed by atoms with Gasteiger partial charge in [-0.25, -0.2) is 0 Å². The molecule has 0 amide bonds. The average molecular weight is 150 g/mol. The Bertz CT molecular complexity index is 247. The first-order valence-electron chi connectivity index (χ1n) is 3.76. The van der Waals surface area contributed by atoms with Crippen molar-refractivity contribution in [3.05, 3.63) is 30.2 Å². The van der Waals surface area contributed by atoms with Crippen LogP contribution in [0.15, 0.2) is 29.1 Å². The van der Waals surface area contributed by atoms with E-state index in [4.69, 9.17) is 9.15 Å². The van der Waals surface area contributed by atoms with Gasteiger partial charge in [0.05, 0.1) is 25.7 Å². The van der Waals surface area contributed by atoms with Gasteiger partial charge in [-0.2, -0.15) is 0 Å². The normalized spacial score (nSPS) is 18.0. The molecule has 2 nitrogen and oxygen atoms in total. The molecule has 11 heavy (non-hydrogen) atoms. The molecule has 0 unspecified atom stereocenters. The summed E-state index contributed by atoms with van der Waals surface area (Å²) in [6.45, 7) is 1.57. The van der Waals surface area contributed by atoms with Crippen LogP contribution >= 0.6 is 0 Å². The Morgan fingerprint density at radius 2 is 2.36 bits per heavy atom. The summed E-state index contributed by atoms with van der Waals surface area (Å²) in [5.41, 5.74) is 2.53. The highest BCUT2D eigenvalue weighted by molar-refractivity contribution is 5.65. The largest absolute Gasteiger partial charge is 0.472 e. The van der Waals surface area contributed by atoms with E-state index < -0.39 is 0 Å². The van der Waals surface area contributed by atoms with Gasteiger partial charge in [0.15, 0.2) is 0 Å². The van der Waals surface area contributed by atoms with E-state index in [1.165, 1.54) is 11.1 Å². The van der Waals surface area contributed by atoms with E-state index in [0.29, 0.717) is 0 Å². The second-order valence-electron chi connectivity index (χ2n) is 2.57. The van der Waals surface area contributed by atoms with Crippen molar-refractivity contribution in [2.24, 2.45) is 0 Å². The van der Waals surface area contributed by atoms with Crippen LogP contribution < -0.4 is 0 Å². The van der Waals surface area contributed by atoms with Gasteiger partial charge < -0.3 is 9.15 Å². The Labute approximate surface area is 65.5 Å². The molecule has 0 N–H and O–H groups in total. The van der Waals surface area contributed by atoms with E-state index in [2.05, 4.69) is 6.08 Å². The minimum absolute atomic E-state index is 0.737. The van der Waals surface area contributed by atoms with Crippen LogP contribution in [-0.4, -0.2) is 13.2 Å². The van der Waals surface area contributed by atoms with Gasteiger partial charge in [0, 0.05) is 5.56 Å². The summed E-state index contributed by atoms with van der Waals surface area (Å²) in [5, 5.41) is 0. The molecule has 0 atom stereocenters. The van der Waals surface area contributed by atoms with Gasteiger partial charge in [0.25, 0.3) is 0 Å². The van der Waals surface area contributed by atoms with Crippen LogP contribution in [-0.2, 0) is 4.74 Å². The number of rotatable bonds is 1. The molecule has 0 aliphatic carbocycles. The monoisotopic (exact) mass is 150 g/mol. The summed E-state index contributed by atoms with van der Waals surface area (Å²) < 4.78 is 10.2. The third-order valence-corrected chi connectivity index (χ3v) is 1.86. The molecular formula is C9H10O2. The fraction of sp³-hybridized carbons (Fsp3) is 0.333. The molecular weight excluding hydrogens is 140 g/mol. The van der Waals surface area contributed by atoms with Crippen molar-refractivity contribution in [2.75, 3.05) is 13.2 Å². The molecule has 1 aliphatic rings. The van der Waals surface area contributed by atoms with Crippen molar-refractivity contribution in [2.45, 2.75) is 6.42 Å². The molecule has 0 fully saturated rings. The van der Waals surface area contributed by atoms with Crippen molar-refractivity contribution in [3.63, 3.8) is 0 Å². The smallest absolute Gasteiger partial charge is 0.0977 e. The Morgan fingerprint density at radius 1 is 1.36 bits per heavy atom. The molecule has 2 heteroatoms. The van der Waals surface area contributed by atoms with Crippen molar-refractivity contribution in [1.82, 2.24) is 0 Å². The molecule has 0 aromatic carbocycles. The Kier molecular flexibility index (Phi) is 1.78. The molecule has 2 heterocycles. The van der Waals surface area contributed by atoms with E-state index >= 15 is 0 Å². The molecule has 2 rings (SSSR count). The summed E-state index contributed by atoms with van der Waals surface area (Å²) >= 11 is 0. The molecule has 0 spiro atoms. The second-order valence-corrected chi connectivity index (χ2v) is 2.57. The quantitative estimate of drug-likeness (QED) is 0.611. The lowest BCUT2D eigenvalue weighted by atomic mass is 10.1. The molecule has 1 aromatic heterocycles. The second kappa shape index (κ2) is 2.93. The van der Waals surface area contributed by atoms with Crippen molar-refractivity contribution in [3.8, 4) is 0 Å². The van der Waals surface area contributed by atoms with Crippen molar-refractivity contribution < 1.29 is 9.15 Å². The maximum absolute atomic E-state index is 5.19. The van der Waals surface area contributed by atoms with E-state index in [9.17, 15) is 0 Å². The van der Waals surface area contributed by atoms with Crippen molar-refractivity contribution >= 4 is 5.57 Å². The minimum atomic E-state index is 0.737. The van der Waals surface area contributed by atoms with Crippen LogP contribution in [0.3, 0.4) is 0 Å². The SMILES string of the molecule is C1=C(c2ccoc2)CCOC1. The van der Waals surface area contributed by atoms with Gasteiger partial charge in [0.2, 0.25) is 0 Å². The van der Waals surface area contributed by atoms with Gasteiger partial charge >= 0.3 is 0 Å². The topological polar surface area (TPSA) is 22.4 Å². The van der Waals surface area contributed by atoms with Gasteiger partial charge in [-0.05, 0) is 18.1 Å². The highest BCUT2D eigenvalue weighted by Gasteiger charge is 2.06. The number of furan rings is 1. The van der Waals surface area contributed by atoms with Crippen molar-refractivity contribution in [1.29, 1.82) is 0 Å². The standard InChI is InChI=1S/C9H10O2/c1-4-10-5-2-8(1)9-3-6-11-7-9/h1,3,6-7H,2,4-5H2. The van der Waals surface area contributed by atoms with E-state index in [0.717, 1.165) is 19.6 Å². The van der Waals surface area contributed by atoms with Crippen LogP contribution in [0.4, 0.5) is 0 Å². The third kappa shape index (κ3) is 1.35. The van der Waals surface area contributed by atoms with Gasteiger partial charge in [-0.3, -0.25) is 0 Å². The summed E-state index contributed by atoms with van der Waals surface area (Å²) in [6, 6.07) is 1.98. The summed E-state index contributed by atoms with van der Waals surface area (Å²) in [7, 11) is 0. The molecule has 0 saturated carbocycles. The predicted molar refractivity (Wildman–Crippen MR) is 42.1 cm³/mol. The molecule has 1 aliphatic heterocycles. The first kappa shape index (κ1) is 6.68. The summed E-state index contributed by atoms with van der Waals surface area (Å²) in [6.07, 6.45) is 6.58. The van der Waals surface area contributed by atoms with Crippen LogP contribution in [0.2, 0.25) is 0 Å². The molecule has 58 valence electrons. The van der Waals surface area contributed by atoms with E-state index in [1.54, 1.807) is 12.5 Å². The molecule has 1 aromatic rings. The van der Waals surface area contributed by atoms with Gasteiger partial charge in [-0.1, -0.05) is 6.08 Å². The Morgan fingerprint density at radius 3 is 3.00 bits per heavy atom. The first-order chi connectivity index (χ1) is 5.47. The van der Waals surface area contributed by atoms with Crippen LogP contribution in [0.5, 0.6) is 0 Å². The Hall–Kier alpha value is -1.02. The number of ether oxygens (including phenoxy) is 1. The summed E-state index contributed by atoms with van der Waals surface area (Å²) in [4.78, 5) is 0. The highest BCUT2D eigenvalue weighted by atomic mass is 16.5.